The van der Waals surface area contributed by atoms with E-state index in [1.165, 1.54) is 7.11 Å². The largest absolute Gasteiger partial charge is 0.478 e. The number of carbonyl (C=O) groups is 2. The fraction of sp³-hybridized carbons (Fsp3) is 0.364. The van der Waals surface area contributed by atoms with Gasteiger partial charge in [0.1, 0.15) is 0 Å². The number of hydrogen-bond donors (Lipinski definition) is 1. The maximum atomic E-state index is 11.9. The van der Waals surface area contributed by atoms with Crippen LogP contribution in [0.5, 0.6) is 0 Å². The molecule has 148 valence electrons. The number of hydrogen-bond acceptors (Lipinski definition) is 5. The maximum Gasteiger partial charge on any atom is 0.351 e. The number of aliphatic carboxylic acids is 1. The molecule has 0 spiro atoms. The Hall–Kier alpha value is -2.70. The van der Waals surface area contributed by atoms with Gasteiger partial charge in [0.15, 0.2) is 0 Å². The first-order valence-electron chi connectivity index (χ1n) is 9.32. The van der Waals surface area contributed by atoms with Gasteiger partial charge < -0.3 is 14.6 Å². The molecule has 0 aromatic heterocycles. The second-order valence-electron chi connectivity index (χ2n) is 7.04. The van der Waals surface area contributed by atoms with E-state index in [2.05, 4.69) is 0 Å². The van der Waals surface area contributed by atoms with Crippen LogP contribution in [0.3, 0.4) is 0 Å². The lowest BCUT2D eigenvalue weighted by molar-refractivity contribution is -0.177. The Morgan fingerprint density at radius 2 is 1.86 bits per heavy atom. The van der Waals surface area contributed by atoms with Crippen LogP contribution in [0.25, 0.3) is 0 Å². The van der Waals surface area contributed by atoms with Crippen LogP contribution in [0.15, 0.2) is 54.6 Å². The van der Waals surface area contributed by atoms with Crippen LogP contribution in [-0.4, -0.2) is 47.9 Å². The minimum absolute atomic E-state index is 0.262. The number of rotatable bonds is 7. The molecule has 0 bridgehead atoms. The van der Waals surface area contributed by atoms with Crippen molar-refractivity contribution in [1.82, 2.24) is 4.90 Å². The molecule has 0 saturated carbocycles. The van der Waals surface area contributed by atoms with Crippen LogP contribution in [0.1, 0.15) is 40.9 Å². The third-order valence-electron chi connectivity index (χ3n) is 5.20. The molecule has 1 fully saturated rings. The van der Waals surface area contributed by atoms with Crippen molar-refractivity contribution >= 4 is 11.9 Å². The van der Waals surface area contributed by atoms with Crippen LogP contribution in [0.4, 0.5) is 0 Å². The second-order valence-corrected chi connectivity index (χ2v) is 7.04. The van der Waals surface area contributed by atoms with E-state index in [1.807, 2.05) is 47.4 Å². The van der Waals surface area contributed by atoms with E-state index in [-0.39, 0.29) is 12.1 Å². The Kier molecular flexibility index (Phi) is 6.11. The highest BCUT2D eigenvalue weighted by atomic mass is 16.6. The molecule has 28 heavy (non-hydrogen) atoms. The van der Waals surface area contributed by atoms with E-state index in [0.717, 1.165) is 24.0 Å². The molecular weight excluding hydrogens is 358 g/mol. The van der Waals surface area contributed by atoms with Crippen LogP contribution < -0.4 is 0 Å². The molecule has 3 rings (SSSR count). The van der Waals surface area contributed by atoms with Gasteiger partial charge in [-0.1, -0.05) is 42.5 Å². The Balaban J connectivity index is 1.62. The molecule has 1 aliphatic rings. The molecule has 6 nitrogen and oxygen atoms in total. The van der Waals surface area contributed by atoms with Gasteiger partial charge in [-0.05, 0) is 43.0 Å². The number of carboxylic acids is 1. The molecule has 2 aromatic rings. The van der Waals surface area contributed by atoms with Crippen molar-refractivity contribution < 1.29 is 24.2 Å². The highest BCUT2D eigenvalue weighted by Gasteiger charge is 2.49. The zero-order valence-electron chi connectivity index (χ0n) is 16.1. The van der Waals surface area contributed by atoms with E-state index in [1.54, 1.807) is 19.1 Å². The SMILES string of the molecule is COC(=O)c1ccc(CCCN2CC(c3ccccc3)O[C@]2(C)C(=O)O)cc1. The lowest BCUT2D eigenvalue weighted by Gasteiger charge is -2.29. The summed E-state index contributed by atoms with van der Waals surface area (Å²) in [6.07, 6.45) is 1.30. The van der Waals surface area contributed by atoms with Crippen molar-refractivity contribution in [2.75, 3.05) is 20.2 Å². The molecule has 6 heteroatoms. The summed E-state index contributed by atoms with van der Waals surface area (Å²) in [5.74, 6) is -1.33. The van der Waals surface area contributed by atoms with Gasteiger partial charge >= 0.3 is 11.9 Å². The van der Waals surface area contributed by atoms with Crippen molar-refractivity contribution in [2.24, 2.45) is 0 Å². The summed E-state index contributed by atoms with van der Waals surface area (Å²) in [6.45, 7) is 2.75. The molecule has 1 unspecified atom stereocenters. The fourth-order valence-corrected chi connectivity index (χ4v) is 3.49. The summed E-state index contributed by atoms with van der Waals surface area (Å²) in [5, 5.41) is 9.72. The third kappa shape index (κ3) is 4.24. The van der Waals surface area contributed by atoms with Crippen molar-refractivity contribution in [3.05, 3.63) is 71.3 Å². The van der Waals surface area contributed by atoms with Gasteiger partial charge in [-0.25, -0.2) is 9.59 Å². The van der Waals surface area contributed by atoms with Gasteiger partial charge in [0.2, 0.25) is 5.72 Å². The van der Waals surface area contributed by atoms with Gasteiger partial charge in [0.25, 0.3) is 0 Å². The normalized spacial score (nSPS) is 22.1. The highest BCUT2D eigenvalue weighted by molar-refractivity contribution is 5.89. The summed E-state index contributed by atoms with van der Waals surface area (Å²) in [6, 6.07) is 17.0. The molecule has 0 aliphatic carbocycles. The summed E-state index contributed by atoms with van der Waals surface area (Å²) in [7, 11) is 1.36. The number of benzene rings is 2. The minimum Gasteiger partial charge on any atom is -0.478 e. The predicted octanol–water partition coefficient (Wildman–Crippen LogP) is 3.28. The molecule has 1 aliphatic heterocycles. The Bertz CT molecular complexity index is 821. The van der Waals surface area contributed by atoms with Gasteiger partial charge in [-0.15, -0.1) is 0 Å². The molecule has 0 radical (unpaired) electrons. The maximum absolute atomic E-state index is 11.9. The number of carboxylic acid groups (broad SMARTS) is 1. The minimum atomic E-state index is -1.34. The number of ether oxygens (including phenoxy) is 2. The molecule has 2 atom stereocenters. The fourth-order valence-electron chi connectivity index (χ4n) is 3.49. The lowest BCUT2D eigenvalue weighted by Crippen LogP contribution is -2.49. The number of methoxy groups -OCH3 is 1. The molecule has 1 heterocycles. The van der Waals surface area contributed by atoms with Crippen LogP contribution in [0.2, 0.25) is 0 Å². The first-order chi connectivity index (χ1) is 13.4. The number of nitrogens with zero attached hydrogens (tertiary/aromatic N) is 1. The van der Waals surface area contributed by atoms with Crippen molar-refractivity contribution in [1.29, 1.82) is 0 Å². The Morgan fingerprint density at radius 3 is 2.46 bits per heavy atom. The second kappa shape index (κ2) is 8.54. The monoisotopic (exact) mass is 383 g/mol. The van der Waals surface area contributed by atoms with Crippen LogP contribution >= 0.6 is 0 Å². The summed E-state index contributed by atoms with van der Waals surface area (Å²) < 4.78 is 10.6. The summed E-state index contributed by atoms with van der Waals surface area (Å²) >= 11 is 0. The molecular formula is C22H25NO5. The zero-order chi connectivity index (χ0) is 20.1. The Labute approximate surface area is 164 Å². The van der Waals surface area contributed by atoms with Gasteiger partial charge in [-0.2, -0.15) is 0 Å². The van der Waals surface area contributed by atoms with Crippen molar-refractivity contribution in [2.45, 2.75) is 31.6 Å². The molecule has 1 N–H and O–H groups in total. The van der Waals surface area contributed by atoms with Crippen molar-refractivity contribution in [3.8, 4) is 0 Å². The summed E-state index contributed by atoms with van der Waals surface area (Å²) in [4.78, 5) is 25.2. The smallest absolute Gasteiger partial charge is 0.351 e. The average molecular weight is 383 g/mol. The van der Waals surface area contributed by atoms with Gasteiger partial charge in [-0.3, -0.25) is 4.90 Å². The number of carbonyl (C=O) groups excluding carboxylic acids is 1. The molecule has 2 aromatic carbocycles. The van der Waals surface area contributed by atoms with Gasteiger partial charge in [0.05, 0.1) is 18.8 Å². The first kappa shape index (κ1) is 20.0. The van der Waals surface area contributed by atoms with Crippen LogP contribution in [-0.2, 0) is 20.7 Å². The van der Waals surface area contributed by atoms with Gasteiger partial charge in [0, 0.05) is 13.1 Å². The topological polar surface area (TPSA) is 76.1 Å². The Morgan fingerprint density at radius 1 is 1.18 bits per heavy atom. The molecule has 1 saturated heterocycles. The standard InChI is InChI=1S/C22H25NO5/c1-22(21(25)26)23(15-19(28-22)17-8-4-3-5-9-17)14-6-7-16-10-12-18(13-11-16)20(24)27-2/h3-5,8-13,19H,6-7,14-15H2,1-2H3,(H,25,26)/t19?,22-/m1/s1. The predicted molar refractivity (Wildman–Crippen MR) is 104 cm³/mol. The number of aryl methyl sites for hydroxylation is 1. The van der Waals surface area contributed by atoms with E-state index in [9.17, 15) is 14.7 Å². The van der Waals surface area contributed by atoms with E-state index >= 15 is 0 Å². The van der Waals surface area contributed by atoms with Crippen LogP contribution in [0, 0.1) is 0 Å². The van der Waals surface area contributed by atoms with E-state index < -0.39 is 11.7 Å². The van der Waals surface area contributed by atoms with E-state index in [4.69, 9.17) is 9.47 Å². The lowest BCUT2D eigenvalue weighted by atomic mass is 10.1. The molecule has 0 amide bonds. The number of esters is 1. The zero-order valence-corrected chi connectivity index (χ0v) is 16.1. The quantitative estimate of drug-likeness (QED) is 0.740. The average Bonchev–Trinajstić information content (AvgIpc) is 3.07. The highest BCUT2D eigenvalue weighted by Crippen LogP contribution is 2.36. The van der Waals surface area contributed by atoms with Crippen molar-refractivity contribution in [3.63, 3.8) is 0 Å². The first-order valence-corrected chi connectivity index (χ1v) is 9.32. The third-order valence-corrected chi connectivity index (χ3v) is 5.20. The summed E-state index contributed by atoms with van der Waals surface area (Å²) in [5.41, 5.74) is 1.25. The van der Waals surface area contributed by atoms with E-state index in [0.29, 0.717) is 18.7 Å².